The highest BCUT2D eigenvalue weighted by molar-refractivity contribution is 14.0. The second-order valence-electron chi connectivity index (χ2n) is 6.35. The third-order valence-corrected chi connectivity index (χ3v) is 4.02. The van der Waals surface area contributed by atoms with Crippen LogP contribution in [0, 0.1) is 0 Å². The van der Waals surface area contributed by atoms with Gasteiger partial charge >= 0.3 is 0 Å². The molecule has 0 radical (unpaired) electrons. The van der Waals surface area contributed by atoms with Gasteiger partial charge in [0.1, 0.15) is 12.2 Å². The van der Waals surface area contributed by atoms with Crippen LogP contribution >= 0.6 is 24.0 Å². The summed E-state index contributed by atoms with van der Waals surface area (Å²) in [6.07, 6.45) is 10.2. The molecule has 146 valence electrons. The van der Waals surface area contributed by atoms with Crippen LogP contribution in [-0.2, 0) is 13.0 Å². The number of guanidine groups is 1. The molecule has 0 bridgehead atoms. The van der Waals surface area contributed by atoms with E-state index in [-0.39, 0.29) is 24.0 Å². The minimum Gasteiger partial charge on any atom is -0.355 e. The van der Waals surface area contributed by atoms with E-state index in [4.69, 9.17) is 0 Å². The molecule has 1 heterocycles. The number of hydrogen-bond donors (Lipinski definition) is 2. The molecule has 1 aromatic rings. The summed E-state index contributed by atoms with van der Waals surface area (Å²) in [7, 11) is 0. The predicted molar refractivity (Wildman–Crippen MR) is 117 cm³/mol. The van der Waals surface area contributed by atoms with Gasteiger partial charge in [0.25, 0.3) is 0 Å². The van der Waals surface area contributed by atoms with Gasteiger partial charge in [-0.1, -0.05) is 46.5 Å². The summed E-state index contributed by atoms with van der Waals surface area (Å²) < 4.78 is 2.10. The van der Waals surface area contributed by atoms with Gasteiger partial charge in [0.15, 0.2) is 5.96 Å². The molecule has 0 aliphatic rings. The standard InChI is InChI=1S/C18H36N6.HI/c1-5-8-9-10-11-16(4)22-18(19-12-6-2)20-13-14-24-15-21-23-17(24)7-3;/h15-16H,5-14H2,1-4H3,(H2,19,20,22);1H. The van der Waals surface area contributed by atoms with Crippen LogP contribution in [0.4, 0.5) is 0 Å². The second-order valence-corrected chi connectivity index (χ2v) is 6.35. The lowest BCUT2D eigenvalue weighted by Gasteiger charge is -2.18. The van der Waals surface area contributed by atoms with Gasteiger partial charge < -0.3 is 15.2 Å². The molecule has 0 spiro atoms. The number of halogens is 1. The molecule has 0 aliphatic heterocycles. The summed E-state index contributed by atoms with van der Waals surface area (Å²) in [6, 6.07) is 0.450. The number of aliphatic imine (C=N–C) groups is 1. The van der Waals surface area contributed by atoms with Gasteiger partial charge in [0, 0.05) is 32.1 Å². The van der Waals surface area contributed by atoms with Crippen LogP contribution in [0.1, 0.15) is 72.0 Å². The van der Waals surface area contributed by atoms with E-state index in [9.17, 15) is 0 Å². The van der Waals surface area contributed by atoms with Crippen LogP contribution < -0.4 is 10.6 Å². The molecule has 0 aromatic carbocycles. The zero-order valence-corrected chi connectivity index (χ0v) is 18.8. The highest BCUT2D eigenvalue weighted by Gasteiger charge is 2.06. The largest absolute Gasteiger partial charge is 0.355 e. The van der Waals surface area contributed by atoms with Crippen molar-refractivity contribution in [3.8, 4) is 0 Å². The van der Waals surface area contributed by atoms with Crippen LogP contribution in [-0.4, -0.2) is 39.9 Å². The van der Waals surface area contributed by atoms with Gasteiger partial charge in [0.2, 0.25) is 0 Å². The van der Waals surface area contributed by atoms with Crippen LogP contribution in [0.15, 0.2) is 11.3 Å². The number of aromatic nitrogens is 3. The summed E-state index contributed by atoms with van der Waals surface area (Å²) in [5.74, 6) is 1.95. The predicted octanol–water partition coefficient (Wildman–Crippen LogP) is 3.76. The number of unbranched alkanes of at least 4 members (excludes halogenated alkanes) is 3. The van der Waals surface area contributed by atoms with Crippen molar-refractivity contribution in [3.63, 3.8) is 0 Å². The lowest BCUT2D eigenvalue weighted by molar-refractivity contribution is 0.533. The smallest absolute Gasteiger partial charge is 0.191 e. The zero-order chi connectivity index (χ0) is 17.6. The third-order valence-electron chi connectivity index (χ3n) is 4.02. The van der Waals surface area contributed by atoms with Crippen LogP contribution in [0.2, 0.25) is 0 Å². The highest BCUT2D eigenvalue weighted by Crippen LogP contribution is 2.05. The van der Waals surface area contributed by atoms with Crippen molar-refractivity contribution >= 4 is 29.9 Å². The van der Waals surface area contributed by atoms with Crippen molar-refractivity contribution in [2.75, 3.05) is 13.1 Å². The van der Waals surface area contributed by atoms with E-state index < -0.39 is 0 Å². The Hall–Kier alpha value is -0.860. The Morgan fingerprint density at radius 3 is 2.68 bits per heavy atom. The monoisotopic (exact) mass is 464 g/mol. The Bertz CT molecular complexity index is 460. The number of rotatable bonds is 12. The summed E-state index contributed by atoms with van der Waals surface area (Å²) in [5.41, 5.74) is 0. The van der Waals surface area contributed by atoms with E-state index in [2.05, 4.69) is 58.1 Å². The molecule has 7 heteroatoms. The molecule has 0 aliphatic carbocycles. The number of aryl methyl sites for hydroxylation is 1. The first-order valence-corrected chi connectivity index (χ1v) is 9.62. The average molecular weight is 464 g/mol. The minimum absolute atomic E-state index is 0. The van der Waals surface area contributed by atoms with Gasteiger partial charge in [0.05, 0.1) is 0 Å². The summed E-state index contributed by atoms with van der Waals surface area (Å²) in [4.78, 5) is 4.64. The summed E-state index contributed by atoms with van der Waals surface area (Å²) in [6.45, 7) is 11.3. The first-order valence-electron chi connectivity index (χ1n) is 9.62. The minimum atomic E-state index is 0. The molecule has 1 aromatic heterocycles. The molecule has 1 unspecified atom stereocenters. The average Bonchev–Trinajstić information content (AvgIpc) is 3.04. The maximum Gasteiger partial charge on any atom is 0.191 e. The fraction of sp³-hybridized carbons (Fsp3) is 0.833. The van der Waals surface area contributed by atoms with Crippen molar-refractivity contribution in [1.82, 2.24) is 25.4 Å². The summed E-state index contributed by atoms with van der Waals surface area (Å²) in [5, 5.41) is 15.1. The van der Waals surface area contributed by atoms with Gasteiger partial charge in [-0.05, 0) is 19.8 Å². The Morgan fingerprint density at radius 2 is 2.00 bits per heavy atom. The zero-order valence-electron chi connectivity index (χ0n) is 16.4. The molecule has 1 atom stereocenters. The number of hydrogen-bond acceptors (Lipinski definition) is 3. The van der Waals surface area contributed by atoms with E-state index in [1.807, 2.05) is 0 Å². The van der Waals surface area contributed by atoms with E-state index in [1.54, 1.807) is 6.33 Å². The van der Waals surface area contributed by atoms with Crippen molar-refractivity contribution in [2.45, 2.75) is 85.2 Å². The maximum absolute atomic E-state index is 4.64. The van der Waals surface area contributed by atoms with Crippen LogP contribution in [0.25, 0.3) is 0 Å². The molecule has 2 N–H and O–H groups in total. The van der Waals surface area contributed by atoms with Crippen molar-refractivity contribution in [2.24, 2.45) is 4.99 Å². The third kappa shape index (κ3) is 10.7. The van der Waals surface area contributed by atoms with Crippen molar-refractivity contribution < 1.29 is 0 Å². The lowest BCUT2D eigenvalue weighted by Crippen LogP contribution is -2.43. The molecule has 0 saturated carbocycles. The van der Waals surface area contributed by atoms with E-state index in [0.29, 0.717) is 6.04 Å². The normalized spacial score (nSPS) is 12.6. The first-order chi connectivity index (χ1) is 11.7. The molecular formula is C18H37IN6. The molecule has 0 fully saturated rings. The highest BCUT2D eigenvalue weighted by atomic mass is 127. The van der Waals surface area contributed by atoms with Crippen LogP contribution in [0.5, 0.6) is 0 Å². The Labute approximate surface area is 170 Å². The lowest BCUT2D eigenvalue weighted by atomic mass is 10.1. The molecule has 25 heavy (non-hydrogen) atoms. The van der Waals surface area contributed by atoms with E-state index in [0.717, 1.165) is 44.3 Å². The SMILES string of the molecule is CCCCCCC(C)NC(=NCCC)NCCn1cnnc1CC.I. The second kappa shape index (κ2) is 15.4. The van der Waals surface area contributed by atoms with E-state index >= 15 is 0 Å². The van der Waals surface area contributed by atoms with Crippen molar-refractivity contribution in [1.29, 1.82) is 0 Å². The van der Waals surface area contributed by atoms with Crippen molar-refractivity contribution in [3.05, 3.63) is 12.2 Å². The summed E-state index contributed by atoms with van der Waals surface area (Å²) >= 11 is 0. The topological polar surface area (TPSA) is 67.1 Å². The quantitative estimate of drug-likeness (QED) is 0.214. The fourth-order valence-electron chi connectivity index (χ4n) is 2.59. The van der Waals surface area contributed by atoms with Gasteiger partial charge in [-0.25, -0.2) is 0 Å². The Balaban J connectivity index is 0.00000576. The molecule has 0 saturated heterocycles. The number of nitrogens with one attached hydrogen (secondary N) is 2. The number of nitrogens with zero attached hydrogens (tertiary/aromatic N) is 4. The molecular weight excluding hydrogens is 427 g/mol. The molecule has 0 amide bonds. The molecule has 6 nitrogen and oxygen atoms in total. The van der Waals surface area contributed by atoms with Gasteiger partial charge in [-0.15, -0.1) is 34.2 Å². The first kappa shape index (κ1) is 24.1. The van der Waals surface area contributed by atoms with Gasteiger partial charge in [-0.3, -0.25) is 4.99 Å². The fourth-order valence-corrected chi connectivity index (χ4v) is 2.59. The van der Waals surface area contributed by atoms with E-state index in [1.165, 1.54) is 32.1 Å². The Kier molecular flexibility index (Phi) is 14.9. The Morgan fingerprint density at radius 1 is 1.20 bits per heavy atom. The van der Waals surface area contributed by atoms with Crippen LogP contribution in [0.3, 0.4) is 0 Å². The molecule has 1 rings (SSSR count). The maximum atomic E-state index is 4.64. The van der Waals surface area contributed by atoms with Gasteiger partial charge in [-0.2, -0.15) is 0 Å².